The van der Waals surface area contributed by atoms with Crippen molar-refractivity contribution < 1.29 is 34.1 Å². The summed E-state index contributed by atoms with van der Waals surface area (Å²) in [5.74, 6) is -0.188. The number of β-amino-alcohol motifs (C(OH)–C–C–N with tert-alkyl or cyclic N) is 1. The minimum Gasteiger partial charge on any atom is -0.490 e. The summed E-state index contributed by atoms with van der Waals surface area (Å²) in [7, 11) is 0. The fraction of sp³-hybridized carbons (Fsp3) is 0.393. The van der Waals surface area contributed by atoms with Crippen LogP contribution in [0, 0.1) is 25.2 Å². The SMILES string of the molecule is Cc1ncsc1-c1ccc(C(C)NC(=O)C2CC(O)CN2CC(NC(=O)CC2CCC(Oc3cccc(-c4ccc(N5CCc6cccc(C(=O)Nc7nc8ccccc8s7)c6C5)nc4C(=O)O)c3C)CC2)C(C)(C)C)cc1. The van der Waals surface area contributed by atoms with E-state index in [2.05, 4.69) is 58.8 Å². The number of fused-ring (bicyclic) bond motifs is 2. The summed E-state index contributed by atoms with van der Waals surface area (Å²) in [6.07, 6.45) is 3.80. The third-order valence-electron chi connectivity index (χ3n) is 15.8. The van der Waals surface area contributed by atoms with Crippen LogP contribution in [0.3, 0.4) is 0 Å². The summed E-state index contributed by atoms with van der Waals surface area (Å²) in [5, 5.41) is 31.5. The first kappa shape index (κ1) is 54.3. The summed E-state index contributed by atoms with van der Waals surface area (Å²) in [5.41, 5.74) is 9.85. The number of likely N-dealkylation sites (tertiary alicyclic amines) is 1. The van der Waals surface area contributed by atoms with Gasteiger partial charge in [-0.2, -0.15) is 0 Å². The van der Waals surface area contributed by atoms with Crippen LogP contribution in [0.4, 0.5) is 10.9 Å². The molecule has 3 amide bonds. The van der Waals surface area contributed by atoms with Crippen molar-refractivity contribution in [3.05, 3.63) is 142 Å². The van der Waals surface area contributed by atoms with Crippen LogP contribution in [0.25, 0.3) is 31.8 Å². The highest BCUT2D eigenvalue weighted by molar-refractivity contribution is 7.22. The fourth-order valence-electron chi connectivity index (χ4n) is 11.3. The molecule has 4 atom stereocenters. The number of carbonyl (C=O) groups excluding carboxylic acids is 3. The molecule has 7 aromatic rings. The predicted octanol–water partition coefficient (Wildman–Crippen LogP) is 10.8. The Balaban J connectivity index is 0.732. The summed E-state index contributed by atoms with van der Waals surface area (Å²) in [4.78, 5) is 73.2. The number of ether oxygens (including phenoxy) is 1. The number of rotatable bonds is 16. The Bertz CT molecular complexity index is 3310. The number of aliphatic hydroxyl groups is 1. The Kier molecular flexibility index (Phi) is 16.1. The third kappa shape index (κ3) is 12.1. The molecule has 4 unspecified atom stereocenters. The minimum absolute atomic E-state index is 0.0261. The molecule has 3 aliphatic rings. The summed E-state index contributed by atoms with van der Waals surface area (Å²) in [6.45, 7) is 13.9. The molecule has 2 aliphatic heterocycles. The van der Waals surface area contributed by atoms with Gasteiger partial charge < -0.3 is 30.5 Å². The van der Waals surface area contributed by atoms with Crippen LogP contribution in [-0.2, 0) is 22.6 Å². The number of aryl methyl sites for hydroxylation is 1. The van der Waals surface area contributed by atoms with Gasteiger partial charge in [0.05, 0.1) is 50.6 Å². The molecule has 5 N–H and O–H groups in total. The third-order valence-corrected chi connectivity index (χ3v) is 17.8. The zero-order valence-electron chi connectivity index (χ0n) is 45.0. The molecule has 1 aliphatic carbocycles. The van der Waals surface area contributed by atoms with E-state index in [4.69, 9.17) is 9.72 Å². The molecule has 15 nitrogen and oxygen atoms in total. The van der Waals surface area contributed by atoms with Gasteiger partial charge >= 0.3 is 5.97 Å². The molecule has 1 saturated carbocycles. The number of carbonyl (C=O) groups is 4. The van der Waals surface area contributed by atoms with Crippen LogP contribution >= 0.6 is 22.7 Å². The van der Waals surface area contributed by atoms with E-state index < -0.39 is 18.1 Å². The predicted molar refractivity (Wildman–Crippen MR) is 307 cm³/mol. The first-order chi connectivity index (χ1) is 37.4. The molecule has 0 radical (unpaired) electrons. The number of aromatic carboxylic acids is 1. The van der Waals surface area contributed by atoms with Gasteiger partial charge in [0.25, 0.3) is 5.91 Å². The first-order valence-corrected chi connectivity index (χ1v) is 28.7. The van der Waals surface area contributed by atoms with E-state index >= 15 is 0 Å². The first-order valence-electron chi connectivity index (χ1n) is 27.0. The quantitative estimate of drug-likeness (QED) is 0.0614. The molecule has 406 valence electrons. The van der Waals surface area contributed by atoms with Gasteiger partial charge in [-0.05, 0) is 140 Å². The summed E-state index contributed by atoms with van der Waals surface area (Å²) < 4.78 is 7.64. The Morgan fingerprint density at radius 3 is 2.37 bits per heavy atom. The maximum Gasteiger partial charge on any atom is 0.355 e. The number of amides is 3. The number of pyridine rings is 1. The topological polar surface area (TPSA) is 199 Å². The maximum absolute atomic E-state index is 13.8. The summed E-state index contributed by atoms with van der Waals surface area (Å²) >= 11 is 3.03. The lowest BCUT2D eigenvalue weighted by Crippen LogP contribution is -2.54. The second kappa shape index (κ2) is 23.1. The van der Waals surface area contributed by atoms with Gasteiger partial charge in [-0.3, -0.25) is 24.6 Å². The largest absolute Gasteiger partial charge is 0.490 e. The number of anilines is 2. The zero-order chi connectivity index (χ0) is 54.8. The summed E-state index contributed by atoms with van der Waals surface area (Å²) in [6, 6.07) is 30.0. The lowest BCUT2D eigenvalue weighted by atomic mass is 9.83. The van der Waals surface area contributed by atoms with E-state index in [1.807, 2.05) is 121 Å². The number of benzene rings is 4. The number of hydrogen-bond acceptors (Lipinski definition) is 13. The lowest BCUT2D eigenvalue weighted by molar-refractivity contribution is -0.126. The van der Waals surface area contributed by atoms with Crippen LogP contribution in [-0.4, -0.2) is 97.7 Å². The number of carboxylic acid groups (broad SMARTS) is 1. The van der Waals surface area contributed by atoms with Gasteiger partial charge in [-0.1, -0.05) is 92.8 Å². The highest BCUT2D eigenvalue weighted by Gasteiger charge is 2.40. The Hall–Kier alpha value is -7.05. The number of carboxylic acids is 1. The van der Waals surface area contributed by atoms with Gasteiger partial charge in [0.1, 0.15) is 11.6 Å². The minimum atomic E-state index is -1.14. The van der Waals surface area contributed by atoms with Gasteiger partial charge in [-0.25, -0.2) is 19.7 Å². The lowest BCUT2D eigenvalue weighted by Gasteiger charge is -2.37. The van der Waals surface area contributed by atoms with Crippen LogP contribution in [0.15, 0.2) is 103 Å². The van der Waals surface area contributed by atoms with Gasteiger partial charge in [0.2, 0.25) is 11.8 Å². The van der Waals surface area contributed by atoms with Crippen molar-refractivity contribution in [3.8, 4) is 27.3 Å². The number of nitrogens with zero attached hydrogens (tertiary/aromatic N) is 5. The molecule has 2 fully saturated rings. The highest BCUT2D eigenvalue weighted by atomic mass is 32.1. The number of nitrogens with one attached hydrogen (secondary N) is 3. The van der Waals surface area contributed by atoms with Crippen molar-refractivity contribution in [3.63, 3.8) is 0 Å². The van der Waals surface area contributed by atoms with Gasteiger partial charge in [-0.15, -0.1) is 11.3 Å². The number of thiazole rings is 2. The fourth-order valence-corrected chi connectivity index (χ4v) is 13.0. The second-order valence-corrected chi connectivity index (χ2v) is 24.2. The average Bonchev–Trinajstić information content (AvgIpc) is 4.18. The molecule has 1 saturated heterocycles. The molecule has 3 aromatic heterocycles. The Morgan fingerprint density at radius 1 is 0.872 bits per heavy atom. The van der Waals surface area contributed by atoms with E-state index in [1.165, 1.54) is 11.3 Å². The van der Waals surface area contributed by atoms with E-state index in [9.17, 15) is 29.4 Å². The van der Waals surface area contributed by atoms with Crippen molar-refractivity contribution in [2.24, 2.45) is 11.3 Å². The molecular weight excluding hydrogens is 1020 g/mol. The Morgan fingerprint density at radius 2 is 1.64 bits per heavy atom. The maximum atomic E-state index is 13.8. The number of para-hydroxylation sites is 1. The molecular formula is C61H68N8O7S2. The van der Waals surface area contributed by atoms with Crippen LogP contribution in [0.1, 0.15) is 121 Å². The van der Waals surface area contributed by atoms with Crippen molar-refractivity contribution in [2.75, 3.05) is 29.9 Å². The number of aromatic nitrogens is 3. The van der Waals surface area contributed by atoms with Gasteiger partial charge in [0.15, 0.2) is 10.8 Å². The number of aliphatic hydroxyl groups excluding tert-OH is 1. The van der Waals surface area contributed by atoms with Crippen molar-refractivity contribution >= 4 is 67.5 Å². The van der Waals surface area contributed by atoms with E-state index in [1.54, 1.807) is 11.3 Å². The van der Waals surface area contributed by atoms with Crippen LogP contribution < -0.4 is 25.6 Å². The molecule has 5 heterocycles. The smallest absolute Gasteiger partial charge is 0.355 e. The van der Waals surface area contributed by atoms with Crippen molar-refractivity contribution in [2.45, 2.75) is 123 Å². The monoisotopic (exact) mass is 1090 g/mol. The highest BCUT2D eigenvalue weighted by Crippen LogP contribution is 2.38. The van der Waals surface area contributed by atoms with E-state index in [0.717, 1.165) is 79.9 Å². The van der Waals surface area contributed by atoms with Crippen LogP contribution in [0.5, 0.6) is 5.75 Å². The van der Waals surface area contributed by atoms with Crippen molar-refractivity contribution in [1.82, 2.24) is 30.5 Å². The van der Waals surface area contributed by atoms with Crippen LogP contribution in [0.2, 0.25) is 0 Å². The Labute approximate surface area is 463 Å². The number of hydrogen-bond donors (Lipinski definition) is 5. The van der Waals surface area contributed by atoms with E-state index in [0.29, 0.717) is 73.3 Å². The normalized spacial score (nSPS) is 19.4. The van der Waals surface area contributed by atoms with Gasteiger partial charge in [0, 0.05) is 49.8 Å². The average molecular weight is 1090 g/mol. The molecule has 0 spiro atoms. The second-order valence-electron chi connectivity index (χ2n) is 22.3. The zero-order valence-corrected chi connectivity index (χ0v) is 46.7. The molecule has 17 heteroatoms. The van der Waals surface area contributed by atoms with Crippen molar-refractivity contribution in [1.29, 1.82) is 0 Å². The standard InChI is InChI=1S/C61H68N8O7S2/c1-35-44(45-25-26-53(66-55(45)59(74)75)68-28-27-40-11-9-13-46(47(40)32-68)57(72)67-60-64-48-14-7-8-16-51(48)78-60)12-10-15-50(35)76-43-23-17-38(18-24-43)29-54(71)65-52(61(4,5)6)33-69-31-42(70)30-49(69)58(73)63-36(2)39-19-21-41(22-20-39)56-37(3)62-34-77-56/h7-16,19-22,25-26,34,36,38,42-43,49,52,70H,17-18,23-24,27-33H2,1-6H3,(H,63,73)(H,65,71)(H,74,75)(H,64,67,72). The molecule has 10 rings (SSSR count). The molecule has 0 bridgehead atoms. The van der Waals surface area contributed by atoms with E-state index in [-0.39, 0.29) is 52.9 Å². The molecule has 78 heavy (non-hydrogen) atoms. The molecule has 4 aromatic carbocycles.